The summed E-state index contributed by atoms with van der Waals surface area (Å²) in [5, 5.41) is 0. The van der Waals surface area contributed by atoms with Gasteiger partial charge in [-0.05, 0) is 31.1 Å². The quantitative estimate of drug-likeness (QED) is 0.481. The van der Waals surface area contributed by atoms with Crippen molar-refractivity contribution in [2.45, 2.75) is 13.3 Å². The van der Waals surface area contributed by atoms with E-state index in [0.29, 0.717) is 0 Å². The van der Waals surface area contributed by atoms with Gasteiger partial charge < -0.3 is 0 Å². The highest BCUT2D eigenvalue weighted by molar-refractivity contribution is 5.18. The average molecular weight is 170 g/mol. The normalized spacial score (nSPS) is 8.69. The molecule has 0 bridgehead atoms. The monoisotopic (exact) mass is 170 g/mol. The van der Waals surface area contributed by atoms with Crippen molar-refractivity contribution >= 4 is 0 Å². The second-order valence-corrected chi connectivity index (χ2v) is 3.05. The molecule has 0 atom stereocenters. The molecule has 0 spiro atoms. The van der Waals surface area contributed by atoms with E-state index in [-0.39, 0.29) is 0 Å². The highest BCUT2D eigenvalue weighted by atomic mass is 13.9. The molecule has 1 aromatic rings. The molecule has 0 fully saturated rings. The van der Waals surface area contributed by atoms with Crippen LogP contribution in [0.25, 0.3) is 0 Å². The van der Waals surface area contributed by atoms with Crippen molar-refractivity contribution in [3.8, 4) is 0 Å². The SMILES string of the molecule is C=C(C)C=C=CCc1ccccc1. The van der Waals surface area contributed by atoms with Crippen molar-refractivity contribution in [2.24, 2.45) is 0 Å². The third-order valence-electron chi connectivity index (χ3n) is 1.63. The summed E-state index contributed by atoms with van der Waals surface area (Å²) in [4.78, 5) is 0. The molecule has 13 heavy (non-hydrogen) atoms. The lowest BCUT2D eigenvalue weighted by Crippen LogP contribution is -1.76. The minimum Gasteiger partial charge on any atom is -0.125 e. The number of hydrogen-bond acceptors (Lipinski definition) is 0. The summed E-state index contributed by atoms with van der Waals surface area (Å²) in [7, 11) is 0. The van der Waals surface area contributed by atoms with Gasteiger partial charge in [-0.1, -0.05) is 42.5 Å². The lowest BCUT2D eigenvalue weighted by Gasteiger charge is -1.91. The second-order valence-electron chi connectivity index (χ2n) is 3.05. The van der Waals surface area contributed by atoms with Crippen LogP contribution in [0.4, 0.5) is 0 Å². The molecule has 0 saturated carbocycles. The summed E-state index contributed by atoms with van der Waals surface area (Å²) < 4.78 is 0. The van der Waals surface area contributed by atoms with Gasteiger partial charge in [-0.3, -0.25) is 0 Å². The molecule has 1 rings (SSSR count). The fraction of sp³-hybridized carbons (Fsp3) is 0.154. The van der Waals surface area contributed by atoms with Gasteiger partial charge in [0.15, 0.2) is 0 Å². The Bertz CT molecular complexity index is 324. The fourth-order valence-electron chi connectivity index (χ4n) is 0.992. The van der Waals surface area contributed by atoms with Crippen LogP contribution in [0.15, 0.2) is 60.4 Å². The molecule has 0 heteroatoms. The number of hydrogen-bond donors (Lipinski definition) is 0. The molecule has 66 valence electrons. The van der Waals surface area contributed by atoms with Crippen LogP contribution >= 0.6 is 0 Å². The van der Waals surface area contributed by atoms with Crippen LogP contribution in [-0.4, -0.2) is 0 Å². The first kappa shape index (κ1) is 9.57. The molecular weight excluding hydrogens is 156 g/mol. The first-order valence-corrected chi connectivity index (χ1v) is 4.39. The highest BCUT2D eigenvalue weighted by Gasteiger charge is 1.83. The first-order valence-electron chi connectivity index (χ1n) is 4.39. The van der Waals surface area contributed by atoms with Crippen LogP contribution in [-0.2, 0) is 6.42 Å². The summed E-state index contributed by atoms with van der Waals surface area (Å²) in [6.07, 6.45) is 4.84. The van der Waals surface area contributed by atoms with Gasteiger partial charge in [-0.2, -0.15) is 0 Å². The predicted octanol–water partition coefficient (Wildman–Crippen LogP) is 3.52. The zero-order chi connectivity index (χ0) is 9.52. The third kappa shape index (κ3) is 4.15. The Balaban J connectivity index is 2.53. The van der Waals surface area contributed by atoms with Crippen molar-refractivity contribution < 1.29 is 0 Å². The minimum absolute atomic E-state index is 0.935. The van der Waals surface area contributed by atoms with Crippen molar-refractivity contribution in [3.63, 3.8) is 0 Å². The number of allylic oxidation sites excluding steroid dienone is 2. The van der Waals surface area contributed by atoms with Gasteiger partial charge in [0.1, 0.15) is 0 Å². The van der Waals surface area contributed by atoms with Gasteiger partial charge in [0.05, 0.1) is 0 Å². The van der Waals surface area contributed by atoms with E-state index in [1.54, 1.807) is 0 Å². The van der Waals surface area contributed by atoms with E-state index in [1.807, 2.05) is 37.3 Å². The molecule has 0 aromatic heterocycles. The van der Waals surface area contributed by atoms with Gasteiger partial charge in [0.25, 0.3) is 0 Å². The maximum Gasteiger partial charge on any atom is -0.00212 e. The Hall–Kier alpha value is -1.52. The largest absolute Gasteiger partial charge is 0.125 e. The molecule has 0 heterocycles. The Kier molecular flexibility index (Phi) is 3.81. The van der Waals surface area contributed by atoms with E-state index in [4.69, 9.17) is 0 Å². The van der Waals surface area contributed by atoms with E-state index >= 15 is 0 Å². The molecule has 0 aliphatic heterocycles. The van der Waals surface area contributed by atoms with Gasteiger partial charge in [0.2, 0.25) is 0 Å². The smallest absolute Gasteiger partial charge is 0.00212 e. The Morgan fingerprint density at radius 3 is 2.69 bits per heavy atom. The van der Waals surface area contributed by atoms with Crippen LogP contribution in [0.1, 0.15) is 12.5 Å². The molecule has 0 radical (unpaired) electrons. The molecule has 0 saturated heterocycles. The summed E-state index contributed by atoms with van der Waals surface area (Å²) in [5.74, 6) is 0. The van der Waals surface area contributed by atoms with E-state index in [0.717, 1.165) is 12.0 Å². The van der Waals surface area contributed by atoms with E-state index < -0.39 is 0 Å². The van der Waals surface area contributed by atoms with E-state index in [2.05, 4.69) is 24.4 Å². The van der Waals surface area contributed by atoms with Crippen molar-refractivity contribution in [1.29, 1.82) is 0 Å². The third-order valence-corrected chi connectivity index (χ3v) is 1.63. The Morgan fingerprint density at radius 1 is 1.38 bits per heavy atom. The van der Waals surface area contributed by atoms with Crippen LogP contribution < -0.4 is 0 Å². The topological polar surface area (TPSA) is 0 Å². The maximum absolute atomic E-state index is 3.76. The van der Waals surface area contributed by atoms with Gasteiger partial charge in [-0.25, -0.2) is 0 Å². The van der Waals surface area contributed by atoms with Gasteiger partial charge >= 0.3 is 0 Å². The molecule has 0 aliphatic carbocycles. The van der Waals surface area contributed by atoms with E-state index in [9.17, 15) is 0 Å². The van der Waals surface area contributed by atoms with Crippen LogP contribution in [0.2, 0.25) is 0 Å². The van der Waals surface area contributed by atoms with Crippen LogP contribution in [0.5, 0.6) is 0 Å². The first-order chi connectivity index (χ1) is 6.29. The summed E-state index contributed by atoms with van der Waals surface area (Å²) >= 11 is 0. The second kappa shape index (κ2) is 5.18. The van der Waals surface area contributed by atoms with Crippen LogP contribution in [0, 0.1) is 0 Å². The molecule has 0 unspecified atom stereocenters. The molecule has 0 N–H and O–H groups in total. The molecule has 0 aliphatic rings. The van der Waals surface area contributed by atoms with Crippen LogP contribution in [0.3, 0.4) is 0 Å². The molecule has 0 nitrogen and oxygen atoms in total. The standard InChI is InChI=1S/C13H14/c1-12(2)8-6-7-11-13-9-4-3-5-10-13/h3-5,7-10H,1,11H2,2H3. The zero-order valence-corrected chi connectivity index (χ0v) is 7.96. The maximum atomic E-state index is 3.76. The number of rotatable bonds is 3. The minimum atomic E-state index is 0.935. The van der Waals surface area contributed by atoms with Crippen molar-refractivity contribution in [2.75, 3.05) is 0 Å². The molecule has 0 amide bonds. The number of benzene rings is 1. The lowest BCUT2D eigenvalue weighted by atomic mass is 10.1. The van der Waals surface area contributed by atoms with Gasteiger partial charge in [0, 0.05) is 0 Å². The lowest BCUT2D eigenvalue weighted by molar-refractivity contribution is 1.27. The molecular formula is C13H14. The average Bonchev–Trinajstić information content (AvgIpc) is 2.14. The molecule has 1 aromatic carbocycles. The van der Waals surface area contributed by atoms with Crippen molar-refractivity contribution in [3.05, 3.63) is 65.9 Å². The summed E-state index contributed by atoms with van der Waals surface area (Å²) in [5.41, 5.74) is 5.43. The summed E-state index contributed by atoms with van der Waals surface area (Å²) in [6.45, 7) is 5.72. The summed E-state index contributed by atoms with van der Waals surface area (Å²) in [6, 6.07) is 10.3. The predicted molar refractivity (Wildman–Crippen MR) is 57.6 cm³/mol. The zero-order valence-electron chi connectivity index (χ0n) is 7.96. The Morgan fingerprint density at radius 2 is 2.08 bits per heavy atom. The highest BCUT2D eigenvalue weighted by Crippen LogP contribution is 1.99. The fourth-order valence-corrected chi connectivity index (χ4v) is 0.992. The Labute approximate surface area is 79.9 Å². The van der Waals surface area contributed by atoms with Gasteiger partial charge in [-0.15, -0.1) is 5.73 Å². The van der Waals surface area contributed by atoms with E-state index in [1.165, 1.54) is 5.56 Å². The van der Waals surface area contributed by atoms with Crippen molar-refractivity contribution in [1.82, 2.24) is 0 Å².